The number of aryl methyl sites for hydroxylation is 2. The molecule has 1 amide bonds. The molecule has 1 heterocycles. The maximum absolute atomic E-state index is 12.6. The summed E-state index contributed by atoms with van der Waals surface area (Å²) in [5.41, 5.74) is 3.14. The molecular formula is C16H24N2O. The van der Waals surface area contributed by atoms with Gasteiger partial charge in [-0.15, -0.1) is 0 Å². The van der Waals surface area contributed by atoms with E-state index in [0.717, 1.165) is 38.0 Å². The number of carbonyl (C=O) groups is 1. The standard InChI is InChI=1S/C16H24N2O/c1-4-16(8-5-9-17-11-16)15(19)18-14-7-6-12(2)13(3)10-14/h6-7,10,17H,4-5,8-9,11H2,1-3H3,(H,18,19). The van der Waals surface area contributed by atoms with E-state index in [4.69, 9.17) is 0 Å². The van der Waals surface area contributed by atoms with E-state index in [-0.39, 0.29) is 11.3 Å². The van der Waals surface area contributed by atoms with E-state index in [1.807, 2.05) is 12.1 Å². The lowest BCUT2D eigenvalue weighted by Gasteiger charge is -2.35. The second-order valence-corrected chi connectivity index (χ2v) is 5.67. The minimum atomic E-state index is -0.239. The quantitative estimate of drug-likeness (QED) is 0.877. The predicted octanol–water partition coefficient (Wildman–Crippen LogP) is 3.02. The van der Waals surface area contributed by atoms with Gasteiger partial charge in [0.15, 0.2) is 0 Å². The molecule has 2 rings (SSSR count). The number of hydrogen-bond donors (Lipinski definition) is 2. The molecule has 3 nitrogen and oxygen atoms in total. The Hall–Kier alpha value is -1.35. The van der Waals surface area contributed by atoms with Gasteiger partial charge in [0, 0.05) is 12.2 Å². The summed E-state index contributed by atoms with van der Waals surface area (Å²) in [7, 11) is 0. The molecule has 0 aliphatic carbocycles. The van der Waals surface area contributed by atoms with Gasteiger partial charge in [-0.05, 0) is 62.9 Å². The Bertz CT molecular complexity index is 462. The van der Waals surface area contributed by atoms with Gasteiger partial charge >= 0.3 is 0 Å². The van der Waals surface area contributed by atoms with Gasteiger partial charge in [0.1, 0.15) is 0 Å². The van der Waals surface area contributed by atoms with Crippen molar-refractivity contribution in [1.82, 2.24) is 5.32 Å². The minimum Gasteiger partial charge on any atom is -0.326 e. The van der Waals surface area contributed by atoms with Gasteiger partial charge in [-0.2, -0.15) is 0 Å². The number of piperidine rings is 1. The number of benzene rings is 1. The van der Waals surface area contributed by atoms with Gasteiger partial charge in [-0.1, -0.05) is 13.0 Å². The van der Waals surface area contributed by atoms with Crippen LogP contribution in [-0.2, 0) is 4.79 Å². The van der Waals surface area contributed by atoms with Crippen LogP contribution in [0.2, 0.25) is 0 Å². The smallest absolute Gasteiger partial charge is 0.231 e. The summed E-state index contributed by atoms with van der Waals surface area (Å²) in [6, 6.07) is 6.09. The molecule has 1 aromatic rings. The Morgan fingerprint density at radius 1 is 1.37 bits per heavy atom. The molecule has 2 N–H and O–H groups in total. The lowest BCUT2D eigenvalue weighted by atomic mass is 9.77. The van der Waals surface area contributed by atoms with E-state index in [2.05, 4.69) is 37.5 Å². The number of nitrogens with one attached hydrogen (secondary N) is 2. The van der Waals surface area contributed by atoms with E-state index in [1.165, 1.54) is 11.1 Å². The second-order valence-electron chi connectivity index (χ2n) is 5.67. The Balaban J connectivity index is 2.12. The molecule has 0 spiro atoms. The van der Waals surface area contributed by atoms with E-state index < -0.39 is 0 Å². The fourth-order valence-electron chi connectivity index (χ4n) is 2.71. The number of anilines is 1. The average Bonchev–Trinajstić information content (AvgIpc) is 2.43. The van der Waals surface area contributed by atoms with Gasteiger partial charge in [0.05, 0.1) is 5.41 Å². The lowest BCUT2D eigenvalue weighted by Crippen LogP contribution is -2.47. The molecule has 0 aromatic heterocycles. The fourth-order valence-corrected chi connectivity index (χ4v) is 2.71. The number of amides is 1. The van der Waals surface area contributed by atoms with Crippen molar-refractivity contribution in [2.75, 3.05) is 18.4 Å². The van der Waals surface area contributed by atoms with Crippen LogP contribution in [0, 0.1) is 19.3 Å². The van der Waals surface area contributed by atoms with Crippen molar-refractivity contribution in [2.24, 2.45) is 5.41 Å². The second kappa shape index (κ2) is 5.74. The number of hydrogen-bond acceptors (Lipinski definition) is 2. The molecule has 1 aliphatic rings. The first-order chi connectivity index (χ1) is 9.07. The SMILES string of the molecule is CCC1(C(=O)Nc2ccc(C)c(C)c2)CCCNC1. The highest BCUT2D eigenvalue weighted by molar-refractivity contribution is 5.95. The highest BCUT2D eigenvalue weighted by atomic mass is 16.2. The van der Waals surface area contributed by atoms with Crippen LogP contribution in [0.25, 0.3) is 0 Å². The molecule has 0 bridgehead atoms. The largest absolute Gasteiger partial charge is 0.326 e. The Morgan fingerprint density at radius 2 is 2.16 bits per heavy atom. The highest BCUT2D eigenvalue weighted by Gasteiger charge is 2.37. The van der Waals surface area contributed by atoms with Crippen LogP contribution < -0.4 is 10.6 Å². The Labute approximate surface area is 115 Å². The highest BCUT2D eigenvalue weighted by Crippen LogP contribution is 2.31. The van der Waals surface area contributed by atoms with Gasteiger partial charge in [-0.25, -0.2) is 0 Å². The molecule has 3 heteroatoms. The normalized spacial score (nSPS) is 23.1. The van der Waals surface area contributed by atoms with Crippen molar-refractivity contribution in [1.29, 1.82) is 0 Å². The number of carbonyl (C=O) groups excluding carboxylic acids is 1. The lowest BCUT2D eigenvalue weighted by molar-refractivity contribution is -0.126. The van der Waals surface area contributed by atoms with Crippen LogP contribution in [-0.4, -0.2) is 19.0 Å². The van der Waals surface area contributed by atoms with Gasteiger partial charge in [0.25, 0.3) is 0 Å². The zero-order valence-corrected chi connectivity index (χ0v) is 12.2. The summed E-state index contributed by atoms with van der Waals surface area (Å²) >= 11 is 0. The summed E-state index contributed by atoms with van der Waals surface area (Å²) < 4.78 is 0. The summed E-state index contributed by atoms with van der Waals surface area (Å²) in [6.45, 7) is 8.08. The molecule has 1 aromatic carbocycles. The Morgan fingerprint density at radius 3 is 2.74 bits per heavy atom. The van der Waals surface area contributed by atoms with Crippen LogP contribution >= 0.6 is 0 Å². The van der Waals surface area contributed by atoms with Crippen molar-refractivity contribution in [2.45, 2.75) is 40.0 Å². The zero-order valence-electron chi connectivity index (χ0n) is 12.2. The van der Waals surface area contributed by atoms with E-state index in [1.54, 1.807) is 0 Å². The fraction of sp³-hybridized carbons (Fsp3) is 0.562. The molecule has 1 atom stereocenters. The van der Waals surface area contributed by atoms with Crippen molar-refractivity contribution in [3.8, 4) is 0 Å². The van der Waals surface area contributed by atoms with Crippen LogP contribution in [0.4, 0.5) is 5.69 Å². The first-order valence-electron chi connectivity index (χ1n) is 7.17. The van der Waals surface area contributed by atoms with Crippen molar-refractivity contribution in [3.05, 3.63) is 29.3 Å². The number of rotatable bonds is 3. The summed E-state index contributed by atoms with van der Waals surface area (Å²) in [6.07, 6.45) is 2.94. The van der Waals surface area contributed by atoms with E-state index in [0.29, 0.717) is 0 Å². The molecule has 1 aliphatic heterocycles. The van der Waals surface area contributed by atoms with E-state index in [9.17, 15) is 4.79 Å². The topological polar surface area (TPSA) is 41.1 Å². The third kappa shape index (κ3) is 2.98. The van der Waals surface area contributed by atoms with Crippen molar-refractivity contribution < 1.29 is 4.79 Å². The molecule has 1 fully saturated rings. The van der Waals surface area contributed by atoms with Crippen LogP contribution in [0.3, 0.4) is 0 Å². The summed E-state index contributed by atoms with van der Waals surface area (Å²) in [4.78, 5) is 12.6. The van der Waals surface area contributed by atoms with Gasteiger partial charge in [-0.3, -0.25) is 4.79 Å². The van der Waals surface area contributed by atoms with Crippen LogP contribution in [0.1, 0.15) is 37.3 Å². The Kier molecular flexibility index (Phi) is 4.25. The molecular weight excluding hydrogens is 236 g/mol. The van der Waals surface area contributed by atoms with Crippen molar-refractivity contribution in [3.63, 3.8) is 0 Å². The predicted molar refractivity (Wildman–Crippen MR) is 79.4 cm³/mol. The molecule has 1 saturated heterocycles. The summed E-state index contributed by atoms with van der Waals surface area (Å²) in [5.74, 6) is 0.158. The minimum absolute atomic E-state index is 0.158. The first-order valence-corrected chi connectivity index (χ1v) is 7.17. The molecule has 1 unspecified atom stereocenters. The van der Waals surface area contributed by atoms with Crippen LogP contribution in [0.5, 0.6) is 0 Å². The maximum atomic E-state index is 12.6. The van der Waals surface area contributed by atoms with Crippen LogP contribution in [0.15, 0.2) is 18.2 Å². The maximum Gasteiger partial charge on any atom is 0.231 e. The molecule has 104 valence electrons. The molecule has 0 radical (unpaired) electrons. The average molecular weight is 260 g/mol. The van der Waals surface area contributed by atoms with Gasteiger partial charge < -0.3 is 10.6 Å². The summed E-state index contributed by atoms with van der Waals surface area (Å²) in [5, 5.41) is 6.45. The first kappa shape index (κ1) is 14.1. The van der Waals surface area contributed by atoms with Gasteiger partial charge in [0.2, 0.25) is 5.91 Å². The monoisotopic (exact) mass is 260 g/mol. The van der Waals surface area contributed by atoms with Crippen molar-refractivity contribution >= 4 is 11.6 Å². The molecule has 19 heavy (non-hydrogen) atoms. The zero-order chi connectivity index (χ0) is 13.9. The third-order valence-corrected chi connectivity index (χ3v) is 4.40. The van der Waals surface area contributed by atoms with E-state index >= 15 is 0 Å². The third-order valence-electron chi connectivity index (χ3n) is 4.40. The molecule has 0 saturated carbocycles.